The molecular weight excluding hydrogens is 286 g/mol. The maximum absolute atomic E-state index is 12.0. The first-order valence-corrected chi connectivity index (χ1v) is 8.07. The van der Waals surface area contributed by atoms with Crippen LogP contribution < -0.4 is 10.1 Å². The van der Waals surface area contributed by atoms with Crippen LogP contribution in [0.2, 0.25) is 0 Å². The van der Waals surface area contributed by atoms with Gasteiger partial charge in [-0.25, -0.2) is 0 Å². The number of aryl methyl sites for hydroxylation is 3. The van der Waals surface area contributed by atoms with Crippen molar-refractivity contribution in [1.82, 2.24) is 5.32 Å². The summed E-state index contributed by atoms with van der Waals surface area (Å²) in [6.45, 7) is 6.53. The average molecular weight is 311 g/mol. The van der Waals surface area contributed by atoms with E-state index >= 15 is 0 Å². The molecule has 0 bridgehead atoms. The van der Waals surface area contributed by atoms with Gasteiger partial charge in [0.1, 0.15) is 12.4 Å². The van der Waals surface area contributed by atoms with Crippen LogP contribution in [0.25, 0.3) is 0 Å². The summed E-state index contributed by atoms with van der Waals surface area (Å²) in [4.78, 5) is 12.0. The highest BCUT2D eigenvalue weighted by Crippen LogP contribution is 2.11. The molecule has 0 radical (unpaired) electrons. The van der Waals surface area contributed by atoms with E-state index in [0.29, 0.717) is 13.0 Å². The highest BCUT2D eigenvalue weighted by atomic mass is 16.5. The molecule has 0 aromatic heterocycles. The largest absolute Gasteiger partial charge is 0.491 e. The lowest BCUT2D eigenvalue weighted by molar-refractivity contribution is -0.121. The molecule has 0 aliphatic carbocycles. The van der Waals surface area contributed by atoms with Gasteiger partial charge >= 0.3 is 0 Å². The van der Waals surface area contributed by atoms with Crippen LogP contribution in [0.5, 0.6) is 5.75 Å². The number of hydrogen-bond acceptors (Lipinski definition) is 2. The average Bonchev–Trinajstić information content (AvgIpc) is 2.54. The Kier molecular flexibility index (Phi) is 6.21. The van der Waals surface area contributed by atoms with Crippen molar-refractivity contribution in [3.05, 3.63) is 65.2 Å². The van der Waals surface area contributed by atoms with Gasteiger partial charge in [-0.1, -0.05) is 47.5 Å². The van der Waals surface area contributed by atoms with Crippen molar-refractivity contribution in [3.63, 3.8) is 0 Å². The Morgan fingerprint density at radius 3 is 2.17 bits per heavy atom. The zero-order valence-electron chi connectivity index (χ0n) is 14.1. The van der Waals surface area contributed by atoms with Gasteiger partial charge in [0.2, 0.25) is 5.91 Å². The molecule has 0 aliphatic rings. The van der Waals surface area contributed by atoms with Crippen LogP contribution in [-0.4, -0.2) is 18.6 Å². The van der Waals surface area contributed by atoms with E-state index in [0.717, 1.165) is 12.2 Å². The van der Waals surface area contributed by atoms with E-state index in [1.54, 1.807) is 0 Å². The molecule has 1 amide bonds. The van der Waals surface area contributed by atoms with Crippen molar-refractivity contribution in [1.29, 1.82) is 0 Å². The fourth-order valence-electron chi connectivity index (χ4n) is 2.26. The Morgan fingerprint density at radius 2 is 1.57 bits per heavy atom. The summed E-state index contributed by atoms with van der Waals surface area (Å²) >= 11 is 0. The smallest absolute Gasteiger partial charge is 0.220 e. The number of carbonyl (C=O) groups is 1. The molecule has 1 atom stereocenters. The molecule has 23 heavy (non-hydrogen) atoms. The van der Waals surface area contributed by atoms with E-state index in [4.69, 9.17) is 4.74 Å². The summed E-state index contributed by atoms with van der Waals surface area (Å²) in [5.41, 5.74) is 3.63. The van der Waals surface area contributed by atoms with E-state index < -0.39 is 0 Å². The van der Waals surface area contributed by atoms with Crippen LogP contribution in [0.4, 0.5) is 0 Å². The van der Waals surface area contributed by atoms with Crippen molar-refractivity contribution in [3.8, 4) is 5.75 Å². The summed E-state index contributed by atoms with van der Waals surface area (Å²) in [5, 5.41) is 2.98. The third-order valence-electron chi connectivity index (χ3n) is 3.69. The van der Waals surface area contributed by atoms with Gasteiger partial charge in [-0.15, -0.1) is 0 Å². The summed E-state index contributed by atoms with van der Waals surface area (Å²) in [7, 11) is 0. The summed E-state index contributed by atoms with van der Waals surface area (Å²) in [6.07, 6.45) is 1.26. The molecule has 0 aliphatic heterocycles. The molecule has 3 nitrogen and oxygen atoms in total. The molecule has 1 N–H and O–H groups in total. The van der Waals surface area contributed by atoms with Gasteiger partial charge in [0.15, 0.2) is 0 Å². The van der Waals surface area contributed by atoms with E-state index in [1.807, 2.05) is 38.1 Å². The highest BCUT2D eigenvalue weighted by molar-refractivity contribution is 5.76. The second-order valence-electron chi connectivity index (χ2n) is 6.08. The second-order valence-corrected chi connectivity index (χ2v) is 6.08. The van der Waals surface area contributed by atoms with Gasteiger partial charge in [0.25, 0.3) is 0 Å². The zero-order chi connectivity index (χ0) is 16.7. The SMILES string of the molecule is Cc1ccc(CCC(=O)N[C@@H](C)COc2ccc(C)cc2)cc1. The minimum absolute atomic E-state index is 0.0122. The Bertz CT molecular complexity index is 617. The number of nitrogens with one attached hydrogen (secondary N) is 1. The van der Waals surface area contributed by atoms with Gasteiger partial charge < -0.3 is 10.1 Å². The van der Waals surface area contributed by atoms with Crippen molar-refractivity contribution in [2.75, 3.05) is 6.61 Å². The second kappa shape index (κ2) is 8.37. The van der Waals surface area contributed by atoms with Crippen molar-refractivity contribution in [2.24, 2.45) is 0 Å². The number of rotatable bonds is 7. The van der Waals surface area contributed by atoms with E-state index in [9.17, 15) is 4.79 Å². The van der Waals surface area contributed by atoms with Crippen molar-refractivity contribution < 1.29 is 9.53 Å². The minimum Gasteiger partial charge on any atom is -0.491 e. The molecule has 0 saturated carbocycles. The van der Waals surface area contributed by atoms with Crippen LogP contribution >= 0.6 is 0 Å². The minimum atomic E-state index is -0.0122. The zero-order valence-corrected chi connectivity index (χ0v) is 14.1. The van der Waals surface area contributed by atoms with Crippen LogP contribution in [0.3, 0.4) is 0 Å². The maximum atomic E-state index is 12.0. The van der Waals surface area contributed by atoms with E-state index in [-0.39, 0.29) is 11.9 Å². The molecule has 0 unspecified atom stereocenters. The van der Waals surface area contributed by atoms with E-state index in [2.05, 4.69) is 36.5 Å². The maximum Gasteiger partial charge on any atom is 0.220 e. The van der Waals surface area contributed by atoms with Crippen molar-refractivity contribution in [2.45, 2.75) is 39.7 Å². The third kappa shape index (κ3) is 6.15. The van der Waals surface area contributed by atoms with Crippen LogP contribution in [0, 0.1) is 13.8 Å². The first kappa shape index (κ1) is 17.1. The monoisotopic (exact) mass is 311 g/mol. The lowest BCUT2D eigenvalue weighted by atomic mass is 10.1. The standard InChI is InChI=1S/C20H25NO2/c1-15-4-8-18(9-5-15)10-13-20(22)21-17(3)14-23-19-11-6-16(2)7-12-19/h4-9,11-12,17H,10,13-14H2,1-3H3,(H,21,22)/t17-/m0/s1. The number of benzene rings is 2. The third-order valence-corrected chi connectivity index (χ3v) is 3.69. The molecule has 2 aromatic rings. The summed E-state index contributed by atoms with van der Waals surface area (Å²) in [5.74, 6) is 0.891. The summed E-state index contributed by atoms with van der Waals surface area (Å²) < 4.78 is 5.68. The predicted molar refractivity (Wildman–Crippen MR) is 93.8 cm³/mol. The van der Waals surface area contributed by atoms with Gasteiger partial charge in [0.05, 0.1) is 6.04 Å². The fraction of sp³-hybridized carbons (Fsp3) is 0.350. The van der Waals surface area contributed by atoms with Crippen molar-refractivity contribution >= 4 is 5.91 Å². The van der Waals surface area contributed by atoms with Gasteiger partial charge in [-0.2, -0.15) is 0 Å². The predicted octanol–water partition coefficient (Wildman–Crippen LogP) is 3.82. The molecule has 0 spiro atoms. The number of hydrogen-bond donors (Lipinski definition) is 1. The van der Waals surface area contributed by atoms with Crippen LogP contribution in [0.15, 0.2) is 48.5 Å². The topological polar surface area (TPSA) is 38.3 Å². The van der Waals surface area contributed by atoms with Gasteiger partial charge in [-0.05, 0) is 44.9 Å². The fourth-order valence-corrected chi connectivity index (χ4v) is 2.26. The van der Waals surface area contributed by atoms with Crippen LogP contribution in [-0.2, 0) is 11.2 Å². The first-order chi connectivity index (χ1) is 11.0. The molecule has 0 heterocycles. The number of carbonyl (C=O) groups excluding carboxylic acids is 1. The first-order valence-electron chi connectivity index (χ1n) is 8.07. The number of ether oxygens (including phenoxy) is 1. The Balaban J connectivity index is 1.69. The van der Waals surface area contributed by atoms with Gasteiger partial charge in [-0.3, -0.25) is 4.79 Å². The molecule has 3 heteroatoms. The van der Waals surface area contributed by atoms with Crippen LogP contribution in [0.1, 0.15) is 30.0 Å². The molecule has 2 aromatic carbocycles. The molecule has 2 rings (SSSR count). The molecule has 122 valence electrons. The Labute approximate surface area is 138 Å². The normalized spacial score (nSPS) is 11.8. The highest BCUT2D eigenvalue weighted by Gasteiger charge is 2.08. The van der Waals surface area contributed by atoms with E-state index in [1.165, 1.54) is 16.7 Å². The quantitative estimate of drug-likeness (QED) is 0.844. The number of amides is 1. The Hall–Kier alpha value is -2.29. The molecular formula is C20H25NO2. The summed E-state index contributed by atoms with van der Waals surface area (Å²) in [6, 6.07) is 16.2. The lowest BCUT2D eigenvalue weighted by Crippen LogP contribution is -2.36. The van der Waals surface area contributed by atoms with Gasteiger partial charge in [0, 0.05) is 6.42 Å². The lowest BCUT2D eigenvalue weighted by Gasteiger charge is -2.15. The molecule has 0 saturated heterocycles. The molecule has 0 fully saturated rings. The Morgan fingerprint density at radius 1 is 1.00 bits per heavy atom.